The van der Waals surface area contributed by atoms with Crippen molar-refractivity contribution in [1.29, 1.82) is 0 Å². The quantitative estimate of drug-likeness (QED) is 0.311. The number of aryl methyl sites for hydroxylation is 2. The average Bonchev–Trinajstić information content (AvgIpc) is 3.12. The molecule has 4 aromatic rings. The van der Waals surface area contributed by atoms with Crippen LogP contribution in [0.5, 0.6) is 5.75 Å². The summed E-state index contributed by atoms with van der Waals surface area (Å²) < 4.78 is 2.24. The van der Waals surface area contributed by atoms with E-state index in [1.807, 2.05) is 37.3 Å². The zero-order valence-corrected chi connectivity index (χ0v) is 18.5. The molecule has 3 N–H and O–H groups in total. The van der Waals surface area contributed by atoms with Gasteiger partial charge in [-0.15, -0.1) is 0 Å². The van der Waals surface area contributed by atoms with Gasteiger partial charge in [0.1, 0.15) is 17.1 Å². The number of para-hydroxylation sites is 1. The number of nitrogens with two attached hydrogens (primary N) is 1. The maximum absolute atomic E-state index is 10.4. The summed E-state index contributed by atoms with van der Waals surface area (Å²) in [6, 6.07) is 12.0. The molecule has 0 saturated heterocycles. The average molecular weight is 432 g/mol. The van der Waals surface area contributed by atoms with Crippen molar-refractivity contribution in [3.05, 3.63) is 58.9 Å². The second kappa shape index (κ2) is 8.84. The van der Waals surface area contributed by atoms with Crippen LogP contribution in [0.15, 0.2) is 41.4 Å². The number of aromatic nitrogens is 3. The van der Waals surface area contributed by atoms with E-state index in [2.05, 4.69) is 32.7 Å². The van der Waals surface area contributed by atoms with Crippen molar-refractivity contribution in [3.63, 3.8) is 0 Å². The summed E-state index contributed by atoms with van der Waals surface area (Å²) in [6.45, 7) is 4.98. The Morgan fingerprint density at radius 2 is 2.03 bits per heavy atom. The maximum Gasteiger partial charge on any atom is 0.152 e. The number of unbranched alkanes of at least 4 members (excludes halogenated alkanes) is 1. The highest BCUT2D eigenvalue weighted by molar-refractivity contribution is 7.78. The normalized spacial score (nSPS) is 11.2. The fourth-order valence-corrected chi connectivity index (χ4v) is 4.11. The third-order valence-corrected chi connectivity index (χ3v) is 5.67. The number of phenols is 1. The summed E-state index contributed by atoms with van der Waals surface area (Å²) in [5, 5.41) is 13.8. The highest BCUT2D eigenvalue weighted by atomic mass is 32.1. The molecule has 0 radical (unpaired) electrons. The van der Waals surface area contributed by atoms with E-state index in [0.717, 1.165) is 63.7 Å². The zero-order chi connectivity index (χ0) is 22.0. The fraction of sp³-hybridized carbons (Fsp3) is 0.292. The van der Waals surface area contributed by atoms with Crippen LogP contribution >= 0.6 is 12.2 Å². The third kappa shape index (κ3) is 4.02. The number of thiocarbonyl (C=S) groups is 1. The molecule has 0 bridgehead atoms. The smallest absolute Gasteiger partial charge is 0.152 e. The number of hydrogen-bond donors (Lipinski definition) is 2. The van der Waals surface area contributed by atoms with Gasteiger partial charge in [-0.25, -0.2) is 15.0 Å². The topological polar surface area (TPSA) is 89.3 Å². The van der Waals surface area contributed by atoms with E-state index >= 15 is 0 Å². The van der Waals surface area contributed by atoms with Gasteiger partial charge in [0.2, 0.25) is 0 Å². The SMILES string of the molecule is CCCCc1nc2c(N)nc3ccccc3c2n1Cc1cc(C)c(O)c(CN=C=S)c1. The molecule has 2 aromatic heterocycles. The molecular weight excluding hydrogens is 406 g/mol. The molecule has 2 aromatic carbocycles. The molecule has 0 atom stereocenters. The Bertz CT molecular complexity index is 1320. The van der Waals surface area contributed by atoms with Gasteiger partial charge in [-0.05, 0) is 48.8 Å². The van der Waals surface area contributed by atoms with Gasteiger partial charge in [0.05, 0.1) is 22.7 Å². The minimum atomic E-state index is 0.248. The number of anilines is 1. The van der Waals surface area contributed by atoms with Crippen LogP contribution in [-0.4, -0.2) is 24.8 Å². The molecule has 0 amide bonds. The van der Waals surface area contributed by atoms with Crippen LogP contribution < -0.4 is 5.73 Å². The first kappa shape index (κ1) is 21.0. The van der Waals surface area contributed by atoms with Gasteiger partial charge in [0.25, 0.3) is 0 Å². The van der Waals surface area contributed by atoms with Crippen molar-refractivity contribution < 1.29 is 5.11 Å². The van der Waals surface area contributed by atoms with Gasteiger partial charge in [-0.1, -0.05) is 37.6 Å². The van der Waals surface area contributed by atoms with E-state index in [9.17, 15) is 5.11 Å². The molecule has 0 aliphatic heterocycles. The van der Waals surface area contributed by atoms with Crippen molar-refractivity contribution >= 4 is 45.1 Å². The number of isothiocyanates is 1. The number of fused-ring (bicyclic) bond motifs is 3. The second-order valence-corrected chi connectivity index (χ2v) is 7.94. The molecule has 0 unspecified atom stereocenters. The van der Waals surface area contributed by atoms with Crippen molar-refractivity contribution in [3.8, 4) is 5.75 Å². The van der Waals surface area contributed by atoms with Crippen LogP contribution in [0.1, 0.15) is 42.3 Å². The lowest BCUT2D eigenvalue weighted by Crippen LogP contribution is -2.07. The van der Waals surface area contributed by atoms with Gasteiger partial charge in [0, 0.05) is 23.9 Å². The lowest BCUT2D eigenvalue weighted by molar-refractivity contribution is 0.464. The number of phenolic OH excluding ortho intramolecular Hbond substituents is 1. The van der Waals surface area contributed by atoms with Crippen LogP contribution in [0.25, 0.3) is 21.9 Å². The summed E-state index contributed by atoms with van der Waals surface area (Å²) in [7, 11) is 0. The maximum atomic E-state index is 10.4. The molecule has 0 fully saturated rings. The first-order valence-corrected chi connectivity index (χ1v) is 10.8. The number of benzene rings is 2. The molecule has 6 nitrogen and oxygen atoms in total. The van der Waals surface area contributed by atoms with Gasteiger partial charge >= 0.3 is 0 Å². The Kier molecular flexibility index (Phi) is 5.98. The van der Waals surface area contributed by atoms with Crippen molar-refractivity contribution in [1.82, 2.24) is 14.5 Å². The lowest BCUT2D eigenvalue weighted by atomic mass is 10.0. The van der Waals surface area contributed by atoms with Crippen molar-refractivity contribution in [2.45, 2.75) is 46.2 Å². The number of imidazole rings is 1. The predicted octanol–water partition coefficient (Wildman–Crippen LogP) is 5.17. The number of hydrogen-bond acceptors (Lipinski definition) is 6. The Balaban J connectivity index is 1.92. The van der Waals surface area contributed by atoms with Crippen LogP contribution in [0.2, 0.25) is 0 Å². The highest BCUT2D eigenvalue weighted by Gasteiger charge is 2.18. The van der Waals surface area contributed by atoms with Gasteiger partial charge in [-0.2, -0.15) is 0 Å². The molecule has 7 heteroatoms. The summed E-state index contributed by atoms with van der Waals surface area (Å²) in [5.74, 6) is 1.69. The van der Waals surface area contributed by atoms with E-state index in [1.54, 1.807) is 0 Å². The summed E-state index contributed by atoms with van der Waals surface area (Å²) >= 11 is 4.69. The molecule has 0 aliphatic carbocycles. The molecular formula is C24H25N5OS. The first-order valence-electron chi connectivity index (χ1n) is 10.4. The molecule has 158 valence electrons. The number of rotatable bonds is 7. The van der Waals surface area contributed by atoms with E-state index in [4.69, 9.17) is 22.9 Å². The van der Waals surface area contributed by atoms with Crippen molar-refractivity contribution in [2.24, 2.45) is 4.99 Å². The number of aliphatic imine (C=N–C) groups is 1. The zero-order valence-electron chi connectivity index (χ0n) is 17.7. The minimum Gasteiger partial charge on any atom is -0.507 e. The monoisotopic (exact) mass is 431 g/mol. The number of aromatic hydroxyl groups is 1. The minimum absolute atomic E-state index is 0.248. The number of pyridine rings is 1. The van der Waals surface area contributed by atoms with Crippen LogP contribution in [0.3, 0.4) is 0 Å². The molecule has 4 rings (SSSR count). The molecule has 0 aliphatic rings. The van der Waals surface area contributed by atoms with Gasteiger partial charge in [0.15, 0.2) is 5.82 Å². The molecule has 31 heavy (non-hydrogen) atoms. The van der Waals surface area contributed by atoms with E-state index in [1.165, 1.54) is 0 Å². The van der Waals surface area contributed by atoms with E-state index in [0.29, 0.717) is 18.9 Å². The Hall–Kier alpha value is -3.28. The Morgan fingerprint density at radius 3 is 2.81 bits per heavy atom. The van der Waals surface area contributed by atoms with Gasteiger partial charge in [-0.3, -0.25) is 0 Å². The third-order valence-electron chi connectivity index (χ3n) is 5.54. The summed E-state index contributed by atoms with van der Waals surface area (Å²) in [5.41, 5.74) is 11.5. The fourth-order valence-electron chi connectivity index (χ4n) is 4.05. The van der Waals surface area contributed by atoms with Crippen LogP contribution in [0, 0.1) is 6.92 Å². The number of nitrogens with zero attached hydrogens (tertiary/aromatic N) is 4. The highest BCUT2D eigenvalue weighted by Crippen LogP contribution is 2.31. The standard InChI is InChI=1S/C24H25N5OS/c1-3-4-9-20-28-21-22(18-7-5-6-8-19(18)27-24(21)25)29(20)13-16-10-15(2)23(30)17(11-16)12-26-14-31/h5-8,10-11,30H,3-4,9,12-13H2,1-2H3,(H2,25,27). The van der Waals surface area contributed by atoms with E-state index in [-0.39, 0.29) is 5.75 Å². The molecule has 0 spiro atoms. The first-order chi connectivity index (χ1) is 15.0. The summed E-state index contributed by atoms with van der Waals surface area (Å²) in [6.07, 6.45) is 2.98. The largest absolute Gasteiger partial charge is 0.507 e. The number of nitrogen functional groups attached to an aromatic ring is 1. The second-order valence-electron chi connectivity index (χ2n) is 7.76. The predicted molar refractivity (Wildman–Crippen MR) is 129 cm³/mol. The Morgan fingerprint density at radius 1 is 1.23 bits per heavy atom. The van der Waals surface area contributed by atoms with Crippen molar-refractivity contribution in [2.75, 3.05) is 5.73 Å². The Labute approximate surface area is 186 Å². The molecule has 2 heterocycles. The van der Waals surface area contributed by atoms with E-state index < -0.39 is 0 Å². The molecule has 0 saturated carbocycles. The van der Waals surface area contributed by atoms with Crippen LogP contribution in [0.4, 0.5) is 5.82 Å². The van der Waals surface area contributed by atoms with Gasteiger partial charge < -0.3 is 15.4 Å². The lowest BCUT2D eigenvalue weighted by Gasteiger charge is -2.14. The van der Waals surface area contributed by atoms with Crippen LogP contribution in [-0.2, 0) is 19.5 Å². The summed E-state index contributed by atoms with van der Waals surface area (Å²) in [4.78, 5) is 13.5.